The highest BCUT2D eigenvalue weighted by atomic mass is 16.5. The Balaban J connectivity index is 1.58. The van der Waals surface area contributed by atoms with Crippen LogP contribution >= 0.6 is 0 Å². The molecule has 23 heavy (non-hydrogen) atoms. The molecule has 1 N–H and O–H groups in total. The number of benzene rings is 1. The van der Waals surface area contributed by atoms with E-state index >= 15 is 0 Å². The summed E-state index contributed by atoms with van der Waals surface area (Å²) in [6.45, 7) is 9.28. The molecule has 0 unspecified atom stereocenters. The number of nitrogens with one attached hydrogen (secondary N) is 1. The van der Waals surface area contributed by atoms with Gasteiger partial charge in [-0.15, -0.1) is 0 Å². The zero-order valence-corrected chi connectivity index (χ0v) is 14.4. The molecule has 0 aliphatic carbocycles. The van der Waals surface area contributed by atoms with E-state index in [4.69, 9.17) is 4.74 Å². The van der Waals surface area contributed by atoms with Crippen LogP contribution < -0.4 is 10.1 Å². The van der Waals surface area contributed by atoms with E-state index in [1.165, 1.54) is 5.56 Å². The topological polar surface area (TPSA) is 44.8 Å². The largest absolute Gasteiger partial charge is 0.497 e. The molecule has 0 spiro atoms. The number of likely N-dealkylation sites (N-methyl/N-ethyl adjacent to an activating group) is 1. The lowest BCUT2D eigenvalue weighted by molar-refractivity contribution is -0.121. The van der Waals surface area contributed by atoms with Gasteiger partial charge in [-0.25, -0.2) is 0 Å². The second kappa shape index (κ2) is 9.53. The van der Waals surface area contributed by atoms with Gasteiger partial charge in [0.15, 0.2) is 0 Å². The van der Waals surface area contributed by atoms with Crippen LogP contribution in [-0.4, -0.2) is 68.6 Å². The second-order valence-electron chi connectivity index (χ2n) is 5.97. The van der Waals surface area contributed by atoms with Crippen molar-refractivity contribution >= 4 is 5.91 Å². The Bertz CT molecular complexity index is 468. The van der Waals surface area contributed by atoms with Crippen molar-refractivity contribution in [2.24, 2.45) is 0 Å². The van der Waals surface area contributed by atoms with Crippen molar-refractivity contribution in [3.05, 3.63) is 29.8 Å². The van der Waals surface area contributed by atoms with E-state index < -0.39 is 0 Å². The second-order valence-corrected chi connectivity index (χ2v) is 5.97. The average molecular weight is 319 g/mol. The molecular formula is C18H29N3O2. The van der Waals surface area contributed by atoms with Crippen LogP contribution in [0.15, 0.2) is 24.3 Å². The summed E-state index contributed by atoms with van der Waals surface area (Å²) in [4.78, 5) is 16.8. The van der Waals surface area contributed by atoms with Crippen LogP contribution in [0.3, 0.4) is 0 Å². The van der Waals surface area contributed by atoms with Crippen LogP contribution in [0.25, 0.3) is 0 Å². The molecule has 0 atom stereocenters. The van der Waals surface area contributed by atoms with E-state index in [1.54, 1.807) is 7.11 Å². The zero-order valence-electron chi connectivity index (χ0n) is 14.4. The van der Waals surface area contributed by atoms with Gasteiger partial charge in [0.05, 0.1) is 7.11 Å². The summed E-state index contributed by atoms with van der Waals surface area (Å²) in [7, 11) is 1.66. The fourth-order valence-corrected chi connectivity index (χ4v) is 2.82. The van der Waals surface area contributed by atoms with Crippen molar-refractivity contribution in [2.75, 3.05) is 52.9 Å². The quantitative estimate of drug-likeness (QED) is 0.786. The number of hydrogen-bond donors (Lipinski definition) is 1. The predicted octanol–water partition coefficient (Wildman–Crippen LogP) is 1.38. The Labute approximate surface area is 139 Å². The van der Waals surface area contributed by atoms with E-state index in [2.05, 4.69) is 22.0 Å². The van der Waals surface area contributed by atoms with E-state index in [9.17, 15) is 4.79 Å². The van der Waals surface area contributed by atoms with Gasteiger partial charge >= 0.3 is 0 Å². The lowest BCUT2D eigenvalue weighted by Crippen LogP contribution is -2.47. The van der Waals surface area contributed by atoms with Gasteiger partial charge < -0.3 is 19.9 Å². The van der Waals surface area contributed by atoms with Crippen molar-refractivity contribution in [3.63, 3.8) is 0 Å². The summed E-state index contributed by atoms with van der Waals surface area (Å²) in [5.74, 6) is 1.01. The zero-order chi connectivity index (χ0) is 16.5. The number of ether oxygens (including phenoxy) is 1. The summed E-state index contributed by atoms with van der Waals surface area (Å²) < 4.78 is 5.14. The first kappa shape index (κ1) is 17.8. The average Bonchev–Trinajstić information content (AvgIpc) is 2.61. The van der Waals surface area contributed by atoms with Crippen molar-refractivity contribution in [1.82, 2.24) is 15.1 Å². The smallest absolute Gasteiger partial charge is 0.221 e. The molecule has 5 nitrogen and oxygen atoms in total. The van der Waals surface area contributed by atoms with Crippen LogP contribution in [0.4, 0.5) is 0 Å². The maximum atomic E-state index is 11.9. The minimum atomic E-state index is 0.149. The highest BCUT2D eigenvalue weighted by Gasteiger charge is 2.15. The molecule has 0 aromatic heterocycles. The number of nitrogens with zero attached hydrogens (tertiary/aromatic N) is 2. The summed E-state index contributed by atoms with van der Waals surface area (Å²) in [5.41, 5.74) is 1.21. The molecule has 1 aliphatic rings. The minimum Gasteiger partial charge on any atom is -0.497 e. The molecule has 5 heteroatoms. The van der Waals surface area contributed by atoms with Gasteiger partial charge in [0.2, 0.25) is 5.91 Å². The predicted molar refractivity (Wildman–Crippen MR) is 92.9 cm³/mol. The molecule has 1 aromatic carbocycles. The molecule has 1 aromatic rings. The highest BCUT2D eigenvalue weighted by molar-refractivity contribution is 5.76. The van der Waals surface area contributed by atoms with Gasteiger partial charge in [0.1, 0.15) is 5.75 Å². The van der Waals surface area contributed by atoms with Crippen LogP contribution in [0.5, 0.6) is 5.75 Å². The highest BCUT2D eigenvalue weighted by Crippen LogP contribution is 2.11. The molecular weight excluding hydrogens is 290 g/mol. The van der Waals surface area contributed by atoms with E-state index in [-0.39, 0.29) is 5.91 Å². The molecule has 128 valence electrons. The number of carbonyl (C=O) groups is 1. The third-order valence-electron chi connectivity index (χ3n) is 4.46. The summed E-state index contributed by atoms with van der Waals surface area (Å²) in [6, 6.07) is 7.98. The molecule has 0 radical (unpaired) electrons. The fraction of sp³-hybridized carbons (Fsp3) is 0.611. The van der Waals surface area contributed by atoms with Crippen molar-refractivity contribution in [3.8, 4) is 5.75 Å². The van der Waals surface area contributed by atoms with E-state index in [0.717, 1.165) is 51.4 Å². The molecule has 0 saturated carbocycles. The SMILES string of the molecule is CCN1CCN(CCC(=O)NCCc2ccc(OC)cc2)CC1. The first-order valence-electron chi connectivity index (χ1n) is 8.55. The molecule has 1 amide bonds. The van der Waals surface area contributed by atoms with Crippen molar-refractivity contribution in [1.29, 1.82) is 0 Å². The van der Waals surface area contributed by atoms with Gasteiger partial charge in [-0.1, -0.05) is 19.1 Å². The normalized spacial score (nSPS) is 16.3. The first-order valence-corrected chi connectivity index (χ1v) is 8.55. The minimum absolute atomic E-state index is 0.149. The van der Waals surface area contributed by atoms with Gasteiger partial charge in [-0.3, -0.25) is 4.79 Å². The standard InChI is InChI=1S/C18H29N3O2/c1-3-20-12-14-21(15-13-20)11-9-18(22)19-10-8-16-4-6-17(23-2)7-5-16/h4-7H,3,8-15H2,1-2H3,(H,19,22). The first-order chi connectivity index (χ1) is 11.2. The molecule has 2 rings (SSSR count). The van der Waals surface area contributed by atoms with Crippen LogP contribution in [0.2, 0.25) is 0 Å². The van der Waals surface area contributed by atoms with Gasteiger partial charge in [-0.05, 0) is 30.7 Å². The molecule has 1 aliphatic heterocycles. The number of methoxy groups -OCH3 is 1. The van der Waals surface area contributed by atoms with E-state index in [1.807, 2.05) is 24.3 Å². The number of carbonyl (C=O) groups excluding carboxylic acids is 1. The monoisotopic (exact) mass is 319 g/mol. The van der Waals surface area contributed by atoms with Crippen LogP contribution in [-0.2, 0) is 11.2 Å². The third-order valence-corrected chi connectivity index (χ3v) is 4.46. The van der Waals surface area contributed by atoms with Gasteiger partial charge in [0.25, 0.3) is 0 Å². The Morgan fingerprint density at radius 3 is 2.39 bits per heavy atom. The number of piperazine rings is 1. The van der Waals surface area contributed by atoms with E-state index in [0.29, 0.717) is 13.0 Å². The lowest BCUT2D eigenvalue weighted by atomic mass is 10.1. The molecule has 0 bridgehead atoms. The maximum absolute atomic E-state index is 11.9. The Morgan fingerprint density at radius 2 is 1.78 bits per heavy atom. The summed E-state index contributed by atoms with van der Waals surface area (Å²) in [5, 5.41) is 3.01. The maximum Gasteiger partial charge on any atom is 0.221 e. The van der Waals surface area contributed by atoms with Crippen molar-refractivity contribution in [2.45, 2.75) is 19.8 Å². The molecule has 1 heterocycles. The lowest BCUT2D eigenvalue weighted by Gasteiger charge is -2.33. The van der Waals surface area contributed by atoms with Gasteiger partial charge in [0, 0.05) is 45.7 Å². The van der Waals surface area contributed by atoms with Gasteiger partial charge in [-0.2, -0.15) is 0 Å². The van der Waals surface area contributed by atoms with Crippen molar-refractivity contribution < 1.29 is 9.53 Å². The number of hydrogen-bond acceptors (Lipinski definition) is 4. The Hall–Kier alpha value is -1.59. The molecule has 1 fully saturated rings. The third kappa shape index (κ3) is 6.20. The number of amides is 1. The summed E-state index contributed by atoms with van der Waals surface area (Å²) >= 11 is 0. The van der Waals surface area contributed by atoms with Crippen LogP contribution in [0, 0.1) is 0 Å². The molecule has 1 saturated heterocycles. The van der Waals surface area contributed by atoms with Crippen LogP contribution in [0.1, 0.15) is 18.9 Å². The Morgan fingerprint density at radius 1 is 1.13 bits per heavy atom. The summed E-state index contributed by atoms with van der Waals surface area (Å²) in [6.07, 6.45) is 1.44. The Kier molecular flexibility index (Phi) is 7.36. The fourth-order valence-electron chi connectivity index (χ4n) is 2.82. The number of rotatable bonds is 8.